The average molecular weight is 180 g/mol. The summed E-state index contributed by atoms with van der Waals surface area (Å²) in [7, 11) is 0. The summed E-state index contributed by atoms with van der Waals surface area (Å²) in [5, 5.41) is 12.7. The first-order valence-corrected chi connectivity index (χ1v) is 4.73. The lowest BCUT2D eigenvalue weighted by molar-refractivity contribution is 0.135. The molecule has 0 amide bonds. The monoisotopic (exact) mass is 180 g/mol. The van der Waals surface area contributed by atoms with Gasteiger partial charge in [0.25, 0.3) is 0 Å². The zero-order valence-electron chi connectivity index (χ0n) is 7.29. The molecule has 13 heavy (non-hydrogen) atoms. The summed E-state index contributed by atoms with van der Waals surface area (Å²) in [6, 6.07) is 0. The van der Waals surface area contributed by atoms with Gasteiger partial charge in [-0.3, -0.25) is 0 Å². The molecule has 1 aromatic heterocycles. The second kappa shape index (κ2) is 2.56. The normalized spacial score (nSPS) is 27.3. The number of aliphatic hydroxyl groups excluding tert-OH is 1. The lowest BCUT2D eigenvalue weighted by atomic mass is 10.1. The third-order valence-corrected chi connectivity index (χ3v) is 2.60. The Morgan fingerprint density at radius 1 is 1.46 bits per heavy atom. The molecule has 2 heterocycles. The standard InChI is InChI=1S/C9H12N2O2/c12-7-4-10-3-6-8(7)13-9(11-6)5-1-2-5/h5,7,10,12H,1-4H2. The topological polar surface area (TPSA) is 58.3 Å². The van der Waals surface area contributed by atoms with Gasteiger partial charge >= 0.3 is 0 Å². The molecular formula is C9H12N2O2. The van der Waals surface area contributed by atoms with Crippen molar-refractivity contribution in [2.24, 2.45) is 0 Å². The van der Waals surface area contributed by atoms with Crippen molar-refractivity contribution in [1.82, 2.24) is 10.3 Å². The van der Waals surface area contributed by atoms with Crippen molar-refractivity contribution >= 4 is 0 Å². The fourth-order valence-electron chi connectivity index (χ4n) is 1.69. The number of aromatic nitrogens is 1. The van der Waals surface area contributed by atoms with Gasteiger partial charge in [-0.1, -0.05) is 0 Å². The van der Waals surface area contributed by atoms with Gasteiger partial charge in [0, 0.05) is 19.0 Å². The van der Waals surface area contributed by atoms with E-state index < -0.39 is 6.10 Å². The Labute approximate surface area is 76.0 Å². The van der Waals surface area contributed by atoms with Crippen LogP contribution in [0.1, 0.15) is 42.2 Å². The quantitative estimate of drug-likeness (QED) is 0.667. The van der Waals surface area contributed by atoms with Crippen LogP contribution in [0.3, 0.4) is 0 Å². The van der Waals surface area contributed by atoms with Crippen LogP contribution in [-0.2, 0) is 6.54 Å². The van der Waals surface area contributed by atoms with Crippen molar-refractivity contribution in [3.05, 3.63) is 17.3 Å². The van der Waals surface area contributed by atoms with E-state index in [1.54, 1.807) is 0 Å². The van der Waals surface area contributed by atoms with E-state index in [4.69, 9.17) is 4.42 Å². The zero-order valence-corrected chi connectivity index (χ0v) is 7.29. The van der Waals surface area contributed by atoms with E-state index in [0.717, 1.165) is 18.1 Å². The Hall–Kier alpha value is -0.870. The molecule has 1 atom stereocenters. The second-order valence-electron chi connectivity index (χ2n) is 3.78. The van der Waals surface area contributed by atoms with Crippen LogP contribution in [0.15, 0.2) is 4.42 Å². The predicted molar refractivity (Wildman–Crippen MR) is 45.1 cm³/mol. The van der Waals surface area contributed by atoms with E-state index in [1.807, 2.05) is 0 Å². The van der Waals surface area contributed by atoms with Gasteiger partial charge in [-0.05, 0) is 12.8 Å². The number of rotatable bonds is 1. The van der Waals surface area contributed by atoms with E-state index in [9.17, 15) is 5.11 Å². The van der Waals surface area contributed by atoms with Crippen LogP contribution in [0.25, 0.3) is 0 Å². The summed E-state index contributed by atoms with van der Waals surface area (Å²) in [5.41, 5.74) is 0.889. The van der Waals surface area contributed by atoms with Crippen LogP contribution < -0.4 is 5.32 Å². The van der Waals surface area contributed by atoms with Crippen LogP contribution in [0.5, 0.6) is 0 Å². The molecule has 1 aliphatic heterocycles. The Balaban J connectivity index is 1.99. The summed E-state index contributed by atoms with van der Waals surface area (Å²) in [5.74, 6) is 2.03. The van der Waals surface area contributed by atoms with E-state index in [0.29, 0.717) is 18.2 Å². The zero-order chi connectivity index (χ0) is 8.84. The molecule has 4 heteroatoms. The van der Waals surface area contributed by atoms with Gasteiger partial charge < -0.3 is 14.8 Å². The fourth-order valence-corrected chi connectivity index (χ4v) is 1.69. The lowest BCUT2D eigenvalue weighted by Gasteiger charge is -2.15. The Bertz CT molecular complexity index is 330. The number of fused-ring (bicyclic) bond motifs is 1. The smallest absolute Gasteiger partial charge is 0.197 e. The third-order valence-electron chi connectivity index (χ3n) is 2.60. The molecular weight excluding hydrogens is 168 g/mol. The lowest BCUT2D eigenvalue weighted by Crippen LogP contribution is -2.27. The highest BCUT2D eigenvalue weighted by Gasteiger charge is 2.32. The van der Waals surface area contributed by atoms with Gasteiger partial charge in [-0.2, -0.15) is 0 Å². The fraction of sp³-hybridized carbons (Fsp3) is 0.667. The van der Waals surface area contributed by atoms with Gasteiger partial charge in [0.05, 0.1) is 5.69 Å². The Kier molecular flexibility index (Phi) is 1.48. The molecule has 1 fully saturated rings. The number of nitrogens with zero attached hydrogens (tertiary/aromatic N) is 1. The van der Waals surface area contributed by atoms with E-state index in [1.165, 1.54) is 12.8 Å². The van der Waals surface area contributed by atoms with Crippen LogP contribution >= 0.6 is 0 Å². The van der Waals surface area contributed by atoms with Crippen molar-refractivity contribution < 1.29 is 9.52 Å². The molecule has 0 spiro atoms. The molecule has 2 N–H and O–H groups in total. The minimum atomic E-state index is -0.510. The highest BCUT2D eigenvalue weighted by molar-refractivity contribution is 5.18. The summed E-state index contributed by atoms with van der Waals surface area (Å²) >= 11 is 0. The first-order chi connectivity index (χ1) is 6.34. The van der Waals surface area contributed by atoms with Crippen molar-refractivity contribution in [2.45, 2.75) is 31.4 Å². The predicted octanol–water partition coefficient (Wildman–Crippen LogP) is 0.689. The summed E-state index contributed by atoms with van der Waals surface area (Å²) in [6.07, 6.45) is 1.86. The molecule has 0 bridgehead atoms. The van der Waals surface area contributed by atoms with Crippen LogP contribution in [0.2, 0.25) is 0 Å². The van der Waals surface area contributed by atoms with Gasteiger partial charge in [-0.25, -0.2) is 4.98 Å². The van der Waals surface area contributed by atoms with E-state index in [-0.39, 0.29) is 0 Å². The van der Waals surface area contributed by atoms with Crippen molar-refractivity contribution in [3.8, 4) is 0 Å². The van der Waals surface area contributed by atoms with Crippen molar-refractivity contribution in [3.63, 3.8) is 0 Å². The molecule has 2 aliphatic rings. The van der Waals surface area contributed by atoms with Gasteiger partial charge in [-0.15, -0.1) is 0 Å². The van der Waals surface area contributed by atoms with E-state index >= 15 is 0 Å². The second-order valence-corrected chi connectivity index (χ2v) is 3.78. The first kappa shape index (κ1) is 7.53. The average Bonchev–Trinajstić information content (AvgIpc) is 2.87. The maximum Gasteiger partial charge on any atom is 0.197 e. The highest BCUT2D eigenvalue weighted by Crippen LogP contribution is 2.41. The van der Waals surface area contributed by atoms with Crippen molar-refractivity contribution in [1.29, 1.82) is 0 Å². The van der Waals surface area contributed by atoms with E-state index in [2.05, 4.69) is 10.3 Å². The number of nitrogens with one attached hydrogen (secondary N) is 1. The van der Waals surface area contributed by atoms with Crippen LogP contribution in [-0.4, -0.2) is 16.6 Å². The number of aliphatic hydroxyl groups is 1. The molecule has 0 radical (unpaired) electrons. The summed E-state index contributed by atoms with van der Waals surface area (Å²) < 4.78 is 5.54. The first-order valence-electron chi connectivity index (χ1n) is 4.73. The molecule has 70 valence electrons. The van der Waals surface area contributed by atoms with Gasteiger partial charge in [0.1, 0.15) is 6.10 Å². The molecule has 1 aromatic rings. The Morgan fingerprint density at radius 3 is 3.00 bits per heavy atom. The molecule has 3 rings (SSSR count). The molecule has 4 nitrogen and oxygen atoms in total. The number of β-amino-alcohol motifs (C(OH)–C–C–N with tert-alkyl or cyclic N) is 1. The maximum absolute atomic E-state index is 9.58. The van der Waals surface area contributed by atoms with Gasteiger partial charge in [0.15, 0.2) is 11.7 Å². The third kappa shape index (κ3) is 1.17. The molecule has 1 unspecified atom stereocenters. The largest absolute Gasteiger partial charge is 0.442 e. The van der Waals surface area contributed by atoms with Crippen LogP contribution in [0, 0.1) is 0 Å². The minimum absolute atomic E-state index is 0.510. The maximum atomic E-state index is 9.58. The highest BCUT2D eigenvalue weighted by atomic mass is 16.4. The van der Waals surface area contributed by atoms with Crippen molar-refractivity contribution in [2.75, 3.05) is 6.54 Å². The minimum Gasteiger partial charge on any atom is -0.442 e. The van der Waals surface area contributed by atoms with Crippen LogP contribution in [0.4, 0.5) is 0 Å². The molecule has 1 saturated carbocycles. The summed E-state index contributed by atoms with van der Waals surface area (Å²) in [6.45, 7) is 1.30. The molecule has 1 aliphatic carbocycles. The Morgan fingerprint density at radius 2 is 2.31 bits per heavy atom. The number of oxazole rings is 1. The SMILES string of the molecule is OC1CNCc2nc(C3CC3)oc21. The number of hydrogen-bond donors (Lipinski definition) is 2. The number of hydrogen-bond acceptors (Lipinski definition) is 4. The van der Waals surface area contributed by atoms with Gasteiger partial charge in [0.2, 0.25) is 0 Å². The molecule has 0 saturated heterocycles. The summed E-state index contributed by atoms with van der Waals surface area (Å²) in [4.78, 5) is 4.37. The molecule has 0 aromatic carbocycles.